The van der Waals surface area contributed by atoms with Crippen molar-refractivity contribution in [1.29, 1.82) is 5.26 Å². The number of rotatable bonds is 5. The Kier molecular flexibility index (Phi) is 6.62. The number of amides is 1. The third-order valence-electron chi connectivity index (χ3n) is 5.03. The minimum Gasteiger partial charge on any atom is -0.469 e. The van der Waals surface area contributed by atoms with E-state index in [0.29, 0.717) is 25.9 Å². The molecule has 6 nitrogen and oxygen atoms in total. The minimum atomic E-state index is -0.267. The van der Waals surface area contributed by atoms with Crippen LogP contribution in [0.25, 0.3) is 6.08 Å². The number of piperidine rings is 1. The van der Waals surface area contributed by atoms with E-state index < -0.39 is 0 Å². The molecule has 26 heavy (non-hydrogen) atoms. The highest BCUT2D eigenvalue weighted by Crippen LogP contribution is 2.22. The third-order valence-corrected chi connectivity index (χ3v) is 5.03. The third kappa shape index (κ3) is 4.16. The Hall–Kier alpha value is -2.55. The van der Waals surface area contributed by atoms with Gasteiger partial charge in [0.15, 0.2) is 0 Å². The van der Waals surface area contributed by atoms with E-state index in [9.17, 15) is 14.9 Å². The molecule has 0 spiro atoms. The number of nitrogens with zero attached hydrogens (tertiary/aromatic N) is 3. The number of carbonyl (C=O) groups is 2. The van der Waals surface area contributed by atoms with Crippen LogP contribution in [-0.2, 0) is 20.9 Å². The molecule has 0 N–H and O–H groups in total. The summed E-state index contributed by atoms with van der Waals surface area (Å²) in [6.07, 6.45) is 3.85. The standard InChI is InChI=1S/C20H27N3O3/c1-5-8-23-14(2)11-17(15(23)3)12-18(13-21)19(24)22-9-6-16(7-10-22)20(25)26-4/h11-12,16H,5-10H2,1-4H3. The Balaban J connectivity index is 2.15. The normalized spacial score (nSPS) is 15.7. The summed E-state index contributed by atoms with van der Waals surface area (Å²) in [5.74, 6) is -0.654. The van der Waals surface area contributed by atoms with E-state index in [1.54, 1.807) is 11.0 Å². The second kappa shape index (κ2) is 8.70. The number of likely N-dealkylation sites (tertiary alicyclic amines) is 1. The molecule has 2 rings (SSSR count). The van der Waals surface area contributed by atoms with Crippen LogP contribution in [0.3, 0.4) is 0 Å². The summed E-state index contributed by atoms with van der Waals surface area (Å²) in [5.41, 5.74) is 3.23. The summed E-state index contributed by atoms with van der Waals surface area (Å²) in [6, 6.07) is 4.06. The van der Waals surface area contributed by atoms with E-state index in [1.165, 1.54) is 7.11 Å². The van der Waals surface area contributed by atoms with Crippen molar-refractivity contribution in [2.75, 3.05) is 20.2 Å². The molecule has 0 atom stereocenters. The van der Waals surface area contributed by atoms with Crippen LogP contribution in [-0.4, -0.2) is 41.5 Å². The average Bonchev–Trinajstić information content (AvgIpc) is 2.92. The van der Waals surface area contributed by atoms with Gasteiger partial charge in [0.25, 0.3) is 5.91 Å². The molecule has 0 bridgehead atoms. The van der Waals surface area contributed by atoms with Crippen molar-refractivity contribution in [3.05, 3.63) is 28.6 Å². The molecule has 0 aliphatic carbocycles. The lowest BCUT2D eigenvalue weighted by atomic mass is 9.96. The number of hydrogen-bond donors (Lipinski definition) is 0. The van der Waals surface area contributed by atoms with Gasteiger partial charge in [0.2, 0.25) is 0 Å². The van der Waals surface area contributed by atoms with Gasteiger partial charge in [0, 0.05) is 31.0 Å². The van der Waals surface area contributed by atoms with Crippen molar-refractivity contribution < 1.29 is 14.3 Å². The highest BCUT2D eigenvalue weighted by molar-refractivity contribution is 6.02. The molecule has 1 aliphatic heterocycles. The van der Waals surface area contributed by atoms with Gasteiger partial charge in [-0.05, 0) is 50.8 Å². The Morgan fingerprint density at radius 2 is 2.00 bits per heavy atom. The van der Waals surface area contributed by atoms with Gasteiger partial charge in [0.1, 0.15) is 11.6 Å². The lowest BCUT2D eigenvalue weighted by Crippen LogP contribution is -2.41. The van der Waals surface area contributed by atoms with Gasteiger partial charge in [-0.1, -0.05) is 6.92 Å². The number of aromatic nitrogens is 1. The minimum absolute atomic E-state index is 0.137. The summed E-state index contributed by atoms with van der Waals surface area (Å²) in [4.78, 5) is 26.0. The largest absolute Gasteiger partial charge is 0.469 e. The molecule has 0 radical (unpaired) electrons. The van der Waals surface area contributed by atoms with Gasteiger partial charge in [-0.3, -0.25) is 9.59 Å². The lowest BCUT2D eigenvalue weighted by Gasteiger charge is -2.30. The number of methoxy groups -OCH3 is 1. The highest BCUT2D eigenvalue weighted by atomic mass is 16.5. The van der Waals surface area contributed by atoms with E-state index >= 15 is 0 Å². The maximum absolute atomic E-state index is 12.7. The van der Waals surface area contributed by atoms with Crippen LogP contribution >= 0.6 is 0 Å². The number of nitriles is 1. The van der Waals surface area contributed by atoms with E-state index in [2.05, 4.69) is 11.5 Å². The van der Waals surface area contributed by atoms with Crippen LogP contribution in [0.15, 0.2) is 11.6 Å². The maximum Gasteiger partial charge on any atom is 0.308 e. The summed E-state index contributed by atoms with van der Waals surface area (Å²) in [6.45, 7) is 8.01. The van der Waals surface area contributed by atoms with Crippen LogP contribution < -0.4 is 0 Å². The van der Waals surface area contributed by atoms with Crippen LogP contribution in [0.4, 0.5) is 0 Å². The second-order valence-electron chi connectivity index (χ2n) is 6.74. The topological polar surface area (TPSA) is 75.3 Å². The number of hydrogen-bond acceptors (Lipinski definition) is 4. The second-order valence-corrected chi connectivity index (χ2v) is 6.74. The Morgan fingerprint density at radius 3 is 2.54 bits per heavy atom. The molecule has 140 valence electrons. The van der Waals surface area contributed by atoms with E-state index in [0.717, 1.165) is 29.9 Å². The first-order valence-electron chi connectivity index (χ1n) is 9.08. The van der Waals surface area contributed by atoms with Crippen molar-refractivity contribution in [3.63, 3.8) is 0 Å². The Morgan fingerprint density at radius 1 is 1.35 bits per heavy atom. The summed E-state index contributed by atoms with van der Waals surface area (Å²) >= 11 is 0. The van der Waals surface area contributed by atoms with Gasteiger partial charge in [-0.15, -0.1) is 0 Å². The molecular formula is C20H27N3O3. The fourth-order valence-electron chi connectivity index (χ4n) is 3.49. The van der Waals surface area contributed by atoms with Crippen molar-refractivity contribution >= 4 is 18.0 Å². The van der Waals surface area contributed by atoms with E-state index in [-0.39, 0.29) is 23.4 Å². The Labute approximate surface area is 155 Å². The first kappa shape index (κ1) is 19.8. The fourth-order valence-corrected chi connectivity index (χ4v) is 3.49. The summed E-state index contributed by atoms with van der Waals surface area (Å²) in [7, 11) is 1.38. The van der Waals surface area contributed by atoms with Crippen molar-refractivity contribution in [1.82, 2.24) is 9.47 Å². The molecule has 0 unspecified atom stereocenters. The molecule has 1 amide bonds. The number of aryl methyl sites for hydroxylation is 1. The zero-order chi connectivity index (χ0) is 19.3. The molecule has 2 heterocycles. The van der Waals surface area contributed by atoms with Crippen molar-refractivity contribution in [3.8, 4) is 6.07 Å². The van der Waals surface area contributed by atoms with E-state index in [1.807, 2.05) is 26.0 Å². The van der Waals surface area contributed by atoms with Gasteiger partial charge in [0.05, 0.1) is 13.0 Å². The summed E-state index contributed by atoms with van der Waals surface area (Å²) < 4.78 is 6.97. The van der Waals surface area contributed by atoms with Crippen LogP contribution in [0.5, 0.6) is 0 Å². The molecule has 6 heteroatoms. The van der Waals surface area contributed by atoms with Crippen LogP contribution in [0, 0.1) is 31.1 Å². The van der Waals surface area contributed by atoms with Gasteiger partial charge >= 0.3 is 5.97 Å². The van der Waals surface area contributed by atoms with Gasteiger partial charge in [-0.2, -0.15) is 5.26 Å². The molecule has 1 aliphatic rings. The lowest BCUT2D eigenvalue weighted by molar-refractivity contribution is -0.148. The van der Waals surface area contributed by atoms with Gasteiger partial charge < -0.3 is 14.2 Å². The number of ether oxygens (including phenoxy) is 1. The fraction of sp³-hybridized carbons (Fsp3) is 0.550. The maximum atomic E-state index is 12.7. The zero-order valence-electron chi connectivity index (χ0n) is 16.0. The predicted molar refractivity (Wildman–Crippen MR) is 99.1 cm³/mol. The Bertz CT molecular complexity index is 747. The molecule has 1 fully saturated rings. The SMILES string of the molecule is CCCn1c(C)cc(C=C(C#N)C(=O)N2CCC(C(=O)OC)CC2)c1C. The van der Waals surface area contributed by atoms with Crippen molar-refractivity contribution in [2.45, 2.75) is 46.6 Å². The quantitative estimate of drug-likeness (QED) is 0.461. The summed E-state index contributed by atoms with van der Waals surface area (Å²) in [5, 5.41) is 9.49. The predicted octanol–water partition coefficient (Wildman–Crippen LogP) is 2.83. The molecular weight excluding hydrogens is 330 g/mol. The first-order chi connectivity index (χ1) is 12.4. The van der Waals surface area contributed by atoms with E-state index in [4.69, 9.17) is 4.74 Å². The van der Waals surface area contributed by atoms with Crippen LogP contribution in [0.1, 0.15) is 43.1 Å². The molecule has 0 saturated carbocycles. The van der Waals surface area contributed by atoms with Crippen molar-refractivity contribution in [2.24, 2.45) is 5.92 Å². The number of esters is 1. The molecule has 1 aromatic rings. The monoisotopic (exact) mass is 357 g/mol. The smallest absolute Gasteiger partial charge is 0.308 e. The van der Waals surface area contributed by atoms with Crippen LogP contribution in [0.2, 0.25) is 0 Å². The molecule has 1 saturated heterocycles. The zero-order valence-corrected chi connectivity index (χ0v) is 16.0. The number of carbonyl (C=O) groups excluding carboxylic acids is 2. The van der Waals surface area contributed by atoms with Gasteiger partial charge in [-0.25, -0.2) is 0 Å². The highest BCUT2D eigenvalue weighted by Gasteiger charge is 2.29. The first-order valence-corrected chi connectivity index (χ1v) is 9.08. The molecule has 0 aromatic carbocycles. The molecule has 1 aromatic heterocycles. The average molecular weight is 357 g/mol.